The van der Waals surface area contributed by atoms with E-state index in [4.69, 9.17) is 4.74 Å². The highest BCUT2D eigenvalue weighted by molar-refractivity contribution is 5.74. The van der Waals surface area contributed by atoms with Crippen LogP contribution in [0.3, 0.4) is 0 Å². The second kappa shape index (κ2) is 4.93. The number of nitrogens with zero attached hydrogens (tertiary/aromatic N) is 3. The summed E-state index contributed by atoms with van der Waals surface area (Å²) < 4.78 is 5.81. The maximum atomic E-state index is 5.81. The molecule has 1 heterocycles. The fraction of sp³-hybridized carbons (Fsp3) is 0.500. The molecule has 20 heavy (non-hydrogen) atoms. The van der Waals surface area contributed by atoms with Crippen LogP contribution in [0.5, 0.6) is 0 Å². The van der Waals surface area contributed by atoms with E-state index in [1.807, 2.05) is 45.0 Å². The van der Waals surface area contributed by atoms with Crippen LogP contribution in [0.4, 0.5) is 0 Å². The number of ether oxygens (including phenoxy) is 1. The third kappa shape index (κ3) is 3.38. The first-order valence-corrected chi connectivity index (χ1v) is 6.88. The third-order valence-corrected chi connectivity index (χ3v) is 2.79. The predicted octanol–water partition coefficient (Wildman–Crippen LogP) is 4.09. The lowest BCUT2D eigenvalue weighted by atomic mass is 9.93. The van der Waals surface area contributed by atoms with E-state index in [0.717, 1.165) is 16.7 Å². The highest BCUT2D eigenvalue weighted by Gasteiger charge is 2.23. The summed E-state index contributed by atoms with van der Waals surface area (Å²) in [6, 6.07) is 7.86. The van der Waals surface area contributed by atoms with Gasteiger partial charge >= 0.3 is 0 Å². The summed E-state index contributed by atoms with van der Waals surface area (Å²) in [5.41, 5.74) is 2.36. The van der Waals surface area contributed by atoms with E-state index < -0.39 is 0 Å². The van der Waals surface area contributed by atoms with Gasteiger partial charge in [-0.2, -0.15) is 4.80 Å². The van der Waals surface area contributed by atoms with Gasteiger partial charge in [0.2, 0.25) is 0 Å². The Balaban J connectivity index is 2.46. The molecule has 0 unspecified atom stereocenters. The summed E-state index contributed by atoms with van der Waals surface area (Å²) in [5.74, 6) is 0. The van der Waals surface area contributed by atoms with Crippen LogP contribution in [0.1, 0.15) is 41.5 Å². The summed E-state index contributed by atoms with van der Waals surface area (Å²) in [6.07, 6.45) is 1.78. The van der Waals surface area contributed by atoms with E-state index >= 15 is 0 Å². The molecule has 0 fully saturated rings. The number of rotatable bonds is 2. The van der Waals surface area contributed by atoms with E-state index in [1.165, 1.54) is 0 Å². The van der Waals surface area contributed by atoms with Crippen LogP contribution in [0.2, 0.25) is 0 Å². The minimum Gasteiger partial charge on any atom is -0.494 e. The first kappa shape index (κ1) is 14.6. The molecule has 0 aliphatic rings. The lowest BCUT2D eigenvalue weighted by Gasteiger charge is -2.24. The maximum absolute atomic E-state index is 5.81. The molecular weight excluding hydrogens is 250 g/mol. The molecule has 0 aliphatic heterocycles. The molecule has 0 spiro atoms. The van der Waals surface area contributed by atoms with Gasteiger partial charge in [-0.3, -0.25) is 0 Å². The fourth-order valence-corrected chi connectivity index (χ4v) is 1.72. The van der Waals surface area contributed by atoms with Crippen molar-refractivity contribution in [1.29, 1.82) is 0 Å². The molecule has 0 saturated carbocycles. The van der Waals surface area contributed by atoms with Gasteiger partial charge in [-0.25, -0.2) is 0 Å². The largest absolute Gasteiger partial charge is 0.494 e. The monoisotopic (exact) mass is 273 g/mol. The Morgan fingerprint density at radius 1 is 1.00 bits per heavy atom. The quantitative estimate of drug-likeness (QED) is 0.774. The van der Waals surface area contributed by atoms with E-state index in [1.54, 1.807) is 11.1 Å². The second-order valence-corrected chi connectivity index (χ2v) is 6.96. The lowest BCUT2D eigenvalue weighted by Crippen LogP contribution is -2.21. The number of hydrogen-bond donors (Lipinski definition) is 0. The molecule has 0 bridgehead atoms. The molecule has 108 valence electrons. The van der Waals surface area contributed by atoms with Crippen molar-refractivity contribution >= 4 is 16.7 Å². The van der Waals surface area contributed by atoms with E-state index in [-0.39, 0.29) is 11.0 Å². The predicted molar refractivity (Wildman–Crippen MR) is 82.1 cm³/mol. The molecule has 1 aromatic heterocycles. The molecule has 0 atom stereocenters. The van der Waals surface area contributed by atoms with Gasteiger partial charge in [-0.1, -0.05) is 32.9 Å². The summed E-state index contributed by atoms with van der Waals surface area (Å²) in [6.45, 7) is 12.4. The van der Waals surface area contributed by atoms with Gasteiger partial charge in [0.15, 0.2) is 0 Å². The average molecular weight is 273 g/mol. The van der Waals surface area contributed by atoms with E-state index in [0.29, 0.717) is 0 Å². The molecule has 1 aromatic carbocycles. The number of benzene rings is 1. The molecular formula is C16H23N3O. The van der Waals surface area contributed by atoms with Crippen LogP contribution < -0.4 is 0 Å². The Morgan fingerprint density at radius 2 is 1.50 bits per heavy atom. The molecule has 2 rings (SSSR count). The van der Waals surface area contributed by atoms with Crippen molar-refractivity contribution < 1.29 is 4.74 Å². The van der Waals surface area contributed by atoms with Gasteiger partial charge in [0.1, 0.15) is 23.0 Å². The molecule has 0 saturated heterocycles. The Hall–Kier alpha value is -1.84. The SMILES string of the molecule is CC(C)(C)O/C=C(/n1nc2ccccc2n1)C(C)(C)C. The van der Waals surface area contributed by atoms with Crippen LogP contribution in [0.25, 0.3) is 16.7 Å². The van der Waals surface area contributed by atoms with Crippen LogP contribution in [-0.2, 0) is 4.74 Å². The zero-order valence-corrected chi connectivity index (χ0v) is 13.1. The normalized spacial score (nSPS) is 13.8. The summed E-state index contributed by atoms with van der Waals surface area (Å²) in [4.78, 5) is 1.68. The van der Waals surface area contributed by atoms with Crippen LogP contribution >= 0.6 is 0 Å². The molecule has 2 aromatic rings. The standard InChI is InChI=1S/C16H23N3O/c1-15(2,3)14(11-20-16(4,5)6)19-17-12-9-7-8-10-13(12)18-19/h7-11H,1-6H3/b14-11+. The van der Waals surface area contributed by atoms with Crippen LogP contribution in [-0.4, -0.2) is 20.6 Å². The van der Waals surface area contributed by atoms with Gasteiger partial charge in [0, 0.05) is 5.41 Å². The van der Waals surface area contributed by atoms with Gasteiger partial charge in [-0.05, 0) is 32.9 Å². The molecule has 0 radical (unpaired) electrons. The number of aromatic nitrogens is 3. The number of allylic oxidation sites excluding steroid dienone is 1. The van der Waals surface area contributed by atoms with Crippen molar-refractivity contribution in [2.45, 2.75) is 47.1 Å². The van der Waals surface area contributed by atoms with Crippen molar-refractivity contribution in [2.24, 2.45) is 5.41 Å². The average Bonchev–Trinajstić information content (AvgIpc) is 2.68. The minimum absolute atomic E-state index is 0.111. The topological polar surface area (TPSA) is 39.9 Å². The highest BCUT2D eigenvalue weighted by Crippen LogP contribution is 2.30. The zero-order chi connectivity index (χ0) is 15.0. The number of hydrogen-bond acceptors (Lipinski definition) is 3. The first-order valence-electron chi connectivity index (χ1n) is 6.88. The van der Waals surface area contributed by atoms with Crippen molar-refractivity contribution in [3.05, 3.63) is 30.5 Å². The van der Waals surface area contributed by atoms with E-state index in [2.05, 4.69) is 31.0 Å². The summed E-state index contributed by atoms with van der Waals surface area (Å²) in [7, 11) is 0. The molecule has 0 amide bonds. The van der Waals surface area contributed by atoms with E-state index in [9.17, 15) is 0 Å². The number of fused-ring (bicyclic) bond motifs is 1. The Morgan fingerprint density at radius 3 is 1.90 bits per heavy atom. The molecule has 4 heteroatoms. The van der Waals surface area contributed by atoms with Crippen molar-refractivity contribution in [3.63, 3.8) is 0 Å². The van der Waals surface area contributed by atoms with Gasteiger partial charge in [0.25, 0.3) is 0 Å². The maximum Gasteiger partial charge on any atom is 0.113 e. The second-order valence-electron chi connectivity index (χ2n) is 6.96. The zero-order valence-electron chi connectivity index (χ0n) is 13.1. The smallest absolute Gasteiger partial charge is 0.113 e. The summed E-state index contributed by atoms with van der Waals surface area (Å²) in [5, 5.41) is 9.07. The molecule has 0 N–H and O–H groups in total. The molecule has 4 nitrogen and oxygen atoms in total. The van der Waals surface area contributed by atoms with Crippen LogP contribution in [0.15, 0.2) is 30.5 Å². The fourth-order valence-electron chi connectivity index (χ4n) is 1.72. The van der Waals surface area contributed by atoms with Gasteiger partial charge < -0.3 is 4.74 Å². The van der Waals surface area contributed by atoms with Crippen molar-refractivity contribution in [2.75, 3.05) is 0 Å². The minimum atomic E-state index is -0.233. The van der Waals surface area contributed by atoms with Crippen LogP contribution in [0, 0.1) is 5.41 Å². The highest BCUT2D eigenvalue weighted by atomic mass is 16.5. The van der Waals surface area contributed by atoms with Gasteiger partial charge in [-0.15, -0.1) is 10.2 Å². The molecule has 0 aliphatic carbocycles. The lowest BCUT2D eigenvalue weighted by molar-refractivity contribution is 0.0753. The van der Waals surface area contributed by atoms with Crippen molar-refractivity contribution in [1.82, 2.24) is 15.0 Å². The summed E-state index contributed by atoms with van der Waals surface area (Å²) >= 11 is 0. The van der Waals surface area contributed by atoms with Crippen molar-refractivity contribution in [3.8, 4) is 0 Å². The first-order chi connectivity index (χ1) is 9.17. The third-order valence-electron chi connectivity index (χ3n) is 2.79. The van der Waals surface area contributed by atoms with Gasteiger partial charge in [0.05, 0.1) is 5.60 Å². The Labute approximate surface area is 120 Å². The Bertz CT molecular complexity index is 594. The Kier molecular flexibility index (Phi) is 3.59.